The topological polar surface area (TPSA) is 75.3 Å². The minimum atomic E-state index is -0.661. The zero-order chi connectivity index (χ0) is 12.3. The van der Waals surface area contributed by atoms with Gasteiger partial charge in [0.1, 0.15) is 0 Å². The molecule has 0 aromatic heterocycles. The van der Waals surface area contributed by atoms with Gasteiger partial charge in [0.25, 0.3) is 5.91 Å². The highest BCUT2D eigenvalue weighted by Gasteiger charge is 2.21. The first kappa shape index (κ1) is 13.0. The number of benzene rings is 1. The van der Waals surface area contributed by atoms with Gasteiger partial charge in [0.05, 0.1) is 17.7 Å². The molecule has 1 rings (SSSR count). The van der Waals surface area contributed by atoms with Crippen molar-refractivity contribution in [1.29, 1.82) is 0 Å². The van der Waals surface area contributed by atoms with E-state index in [1.54, 1.807) is 32.0 Å². The number of carbonyl (C=O) groups excluding carboxylic acids is 1. The molecule has 0 atom stereocenters. The van der Waals surface area contributed by atoms with E-state index in [-0.39, 0.29) is 12.5 Å². The Morgan fingerprint density at radius 1 is 1.56 bits per heavy atom. The average Bonchev–Trinajstić information content (AvgIpc) is 2.21. The summed E-state index contributed by atoms with van der Waals surface area (Å²) in [6.45, 7) is 3.34. The van der Waals surface area contributed by atoms with Crippen molar-refractivity contribution < 1.29 is 9.90 Å². The van der Waals surface area contributed by atoms with Crippen molar-refractivity contribution in [3.05, 3.63) is 28.2 Å². The molecule has 0 unspecified atom stereocenters. The van der Waals surface area contributed by atoms with E-state index in [0.717, 1.165) is 4.47 Å². The molecule has 5 heteroatoms. The highest BCUT2D eigenvalue weighted by molar-refractivity contribution is 9.10. The summed E-state index contributed by atoms with van der Waals surface area (Å²) in [5.41, 5.74) is 5.86. The van der Waals surface area contributed by atoms with E-state index in [1.165, 1.54) is 0 Å². The van der Waals surface area contributed by atoms with Gasteiger partial charge in [-0.25, -0.2) is 0 Å². The molecule has 4 nitrogen and oxygen atoms in total. The van der Waals surface area contributed by atoms with E-state index in [1.807, 2.05) is 0 Å². The molecule has 0 spiro atoms. The number of hydrogen-bond donors (Lipinski definition) is 3. The number of hydrogen-bond acceptors (Lipinski definition) is 3. The molecule has 0 fully saturated rings. The lowest BCUT2D eigenvalue weighted by atomic mass is 10.1. The van der Waals surface area contributed by atoms with Gasteiger partial charge in [-0.3, -0.25) is 4.79 Å². The minimum absolute atomic E-state index is 0.132. The standard InChI is InChI=1S/C11H15BrN2O2/c1-11(2,6-15)14-10(16)8-5-7(12)3-4-9(8)13/h3-5,15H,6,13H2,1-2H3,(H,14,16). The van der Waals surface area contributed by atoms with Gasteiger partial charge < -0.3 is 16.2 Å². The molecule has 0 radical (unpaired) electrons. The highest BCUT2D eigenvalue weighted by Crippen LogP contribution is 2.19. The van der Waals surface area contributed by atoms with E-state index < -0.39 is 5.54 Å². The van der Waals surface area contributed by atoms with Crippen molar-refractivity contribution in [2.24, 2.45) is 0 Å². The lowest BCUT2D eigenvalue weighted by molar-refractivity contribution is 0.0870. The molecule has 0 aliphatic rings. The predicted octanol–water partition coefficient (Wildman–Crippen LogP) is 1.53. The Bertz CT molecular complexity index is 405. The molecule has 0 saturated carbocycles. The van der Waals surface area contributed by atoms with E-state index in [0.29, 0.717) is 11.3 Å². The monoisotopic (exact) mass is 286 g/mol. The lowest BCUT2D eigenvalue weighted by Gasteiger charge is -2.23. The van der Waals surface area contributed by atoms with Gasteiger partial charge in [-0.15, -0.1) is 0 Å². The summed E-state index contributed by atoms with van der Waals surface area (Å²) in [5, 5.41) is 11.8. The maximum atomic E-state index is 11.9. The third-order valence-electron chi connectivity index (χ3n) is 2.11. The van der Waals surface area contributed by atoms with Crippen LogP contribution in [0.5, 0.6) is 0 Å². The fourth-order valence-electron chi connectivity index (χ4n) is 1.14. The number of carbonyl (C=O) groups is 1. The Labute approximate surface area is 103 Å². The van der Waals surface area contributed by atoms with E-state index in [2.05, 4.69) is 21.2 Å². The van der Waals surface area contributed by atoms with Gasteiger partial charge >= 0.3 is 0 Å². The first-order chi connectivity index (χ1) is 7.35. The summed E-state index contributed by atoms with van der Waals surface area (Å²) < 4.78 is 0.786. The van der Waals surface area contributed by atoms with Crippen LogP contribution in [0, 0.1) is 0 Å². The molecule has 4 N–H and O–H groups in total. The number of nitrogen functional groups attached to an aromatic ring is 1. The van der Waals surface area contributed by atoms with E-state index in [4.69, 9.17) is 10.8 Å². The Balaban J connectivity index is 2.93. The largest absolute Gasteiger partial charge is 0.398 e. The molecule has 0 heterocycles. The number of rotatable bonds is 3. The number of halogens is 1. The molecule has 1 aromatic carbocycles. The number of amides is 1. The summed E-state index contributed by atoms with van der Waals surface area (Å²) in [4.78, 5) is 11.9. The van der Waals surface area contributed by atoms with Crippen LogP contribution in [0.25, 0.3) is 0 Å². The fraction of sp³-hybridized carbons (Fsp3) is 0.364. The van der Waals surface area contributed by atoms with Crippen LogP contribution in [0.3, 0.4) is 0 Å². The van der Waals surface area contributed by atoms with Crippen LogP contribution < -0.4 is 11.1 Å². The van der Waals surface area contributed by atoms with Gasteiger partial charge in [0, 0.05) is 10.2 Å². The van der Waals surface area contributed by atoms with Gasteiger partial charge in [0.2, 0.25) is 0 Å². The lowest BCUT2D eigenvalue weighted by Crippen LogP contribution is -2.46. The summed E-state index contributed by atoms with van der Waals surface area (Å²) in [6.07, 6.45) is 0. The van der Waals surface area contributed by atoms with Crippen LogP contribution >= 0.6 is 15.9 Å². The third kappa shape index (κ3) is 3.21. The Morgan fingerprint density at radius 3 is 2.75 bits per heavy atom. The van der Waals surface area contributed by atoms with Crippen LogP contribution in [0.4, 0.5) is 5.69 Å². The van der Waals surface area contributed by atoms with Crippen LogP contribution in [0.15, 0.2) is 22.7 Å². The fourth-order valence-corrected chi connectivity index (χ4v) is 1.50. The van der Waals surface area contributed by atoms with Crippen molar-refractivity contribution in [2.75, 3.05) is 12.3 Å². The zero-order valence-corrected chi connectivity index (χ0v) is 10.8. The van der Waals surface area contributed by atoms with Crippen LogP contribution in [-0.4, -0.2) is 23.2 Å². The maximum absolute atomic E-state index is 11.9. The first-order valence-electron chi connectivity index (χ1n) is 4.84. The second kappa shape index (κ2) is 4.84. The highest BCUT2D eigenvalue weighted by atomic mass is 79.9. The van der Waals surface area contributed by atoms with Gasteiger partial charge in [0.15, 0.2) is 0 Å². The van der Waals surface area contributed by atoms with Crippen molar-refractivity contribution in [3.63, 3.8) is 0 Å². The van der Waals surface area contributed by atoms with Crippen molar-refractivity contribution >= 4 is 27.5 Å². The second-order valence-electron chi connectivity index (χ2n) is 4.23. The van der Waals surface area contributed by atoms with Crippen LogP contribution in [-0.2, 0) is 0 Å². The minimum Gasteiger partial charge on any atom is -0.398 e. The normalized spacial score (nSPS) is 11.2. The predicted molar refractivity (Wildman–Crippen MR) is 67.2 cm³/mol. The van der Waals surface area contributed by atoms with Gasteiger partial charge in [-0.2, -0.15) is 0 Å². The molecule has 1 amide bonds. The third-order valence-corrected chi connectivity index (χ3v) is 2.60. The Kier molecular flexibility index (Phi) is 3.93. The molecule has 88 valence electrons. The summed E-state index contributed by atoms with van der Waals surface area (Å²) in [6, 6.07) is 5.08. The molecule has 0 saturated heterocycles. The van der Waals surface area contributed by atoms with Crippen LogP contribution in [0.1, 0.15) is 24.2 Å². The van der Waals surface area contributed by atoms with Crippen molar-refractivity contribution in [1.82, 2.24) is 5.32 Å². The molecule has 0 aliphatic heterocycles. The zero-order valence-electron chi connectivity index (χ0n) is 9.25. The second-order valence-corrected chi connectivity index (χ2v) is 5.14. The summed E-state index contributed by atoms with van der Waals surface area (Å²) in [7, 11) is 0. The first-order valence-corrected chi connectivity index (χ1v) is 5.63. The number of aliphatic hydroxyl groups is 1. The van der Waals surface area contributed by atoms with Crippen molar-refractivity contribution in [3.8, 4) is 0 Å². The van der Waals surface area contributed by atoms with Crippen molar-refractivity contribution in [2.45, 2.75) is 19.4 Å². The quantitative estimate of drug-likeness (QED) is 0.738. The SMILES string of the molecule is CC(C)(CO)NC(=O)c1cc(Br)ccc1N. The Morgan fingerprint density at radius 2 is 2.19 bits per heavy atom. The summed E-state index contributed by atoms with van der Waals surface area (Å²) >= 11 is 3.28. The number of nitrogens with two attached hydrogens (primary N) is 1. The maximum Gasteiger partial charge on any atom is 0.253 e. The Hall–Kier alpha value is -1.07. The molecule has 0 aliphatic carbocycles. The smallest absolute Gasteiger partial charge is 0.253 e. The van der Waals surface area contributed by atoms with E-state index >= 15 is 0 Å². The summed E-state index contributed by atoms with van der Waals surface area (Å²) in [5.74, 6) is -0.294. The van der Waals surface area contributed by atoms with Gasteiger partial charge in [-0.1, -0.05) is 15.9 Å². The molecule has 1 aromatic rings. The van der Waals surface area contributed by atoms with Crippen LogP contribution in [0.2, 0.25) is 0 Å². The molecule has 0 bridgehead atoms. The number of aliphatic hydroxyl groups excluding tert-OH is 1. The van der Waals surface area contributed by atoms with E-state index in [9.17, 15) is 4.79 Å². The molecule has 16 heavy (non-hydrogen) atoms. The average molecular weight is 287 g/mol. The molecular weight excluding hydrogens is 272 g/mol. The number of nitrogens with one attached hydrogen (secondary N) is 1. The molecular formula is C11H15BrN2O2. The van der Waals surface area contributed by atoms with Gasteiger partial charge in [-0.05, 0) is 32.0 Å². The number of anilines is 1.